The Morgan fingerprint density at radius 2 is 1.88 bits per heavy atom. The average Bonchev–Trinajstić information content (AvgIpc) is 3.40. The Kier molecular flexibility index (Phi) is 4.80. The molecule has 0 radical (unpaired) electrons. The van der Waals surface area contributed by atoms with E-state index in [0.717, 1.165) is 23.4 Å². The quantitative estimate of drug-likeness (QED) is 0.480. The molecule has 4 heterocycles. The molecular formula is C23H19F3N6O. The van der Waals surface area contributed by atoms with E-state index in [2.05, 4.69) is 20.1 Å². The highest BCUT2D eigenvalue weighted by Crippen LogP contribution is 2.35. The van der Waals surface area contributed by atoms with Crippen LogP contribution >= 0.6 is 0 Å². The van der Waals surface area contributed by atoms with Crippen LogP contribution in [0.5, 0.6) is 0 Å². The molecule has 1 N–H and O–H groups in total. The number of benzene rings is 1. The summed E-state index contributed by atoms with van der Waals surface area (Å²) in [4.78, 5) is 27.0. The number of carbonyl (C=O) groups is 1. The third kappa shape index (κ3) is 3.57. The van der Waals surface area contributed by atoms with Crippen LogP contribution in [0.15, 0.2) is 55.0 Å². The number of aryl methyl sites for hydroxylation is 1. The molecule has 1 aromatic carbocycles. The van der Waals surface area contributed by atoms with E-state index >= 15 is 0 Å². The Bertz CT molecular complexity index is 1320. The summed E-state index contributed by atoms with van der Waals surface area (Å²) in [5.74, 6) is 0.275. The molecule has 1 aliphatic rings. The van der Waals surface area contributed by atoms with Crippen LogP contribution in [-0.2, 0) is 6.18 Å². The molecule has 3 aromatic heterocycles. The standard InChI is InChI=1S/C23H19F3N6O/c1-13-12-31(17-7-5-16(6-8-17)23(24,25)26)22(33)20-18(11-28-32(13)20)19-14(2)29-21(30-19)15-4-3-9-27-10-15/h3-11,13H,12H2,1-2H3,(H,29,30)/t13-/m0/s1. The number of nitrogens with zero attached hydrogens (tertiary/aromatic N) is 5. The molecule has 4 aromatic rings. The molecule has 7 nitrogen and oxygen atoms in total. The summed E-state index contributed by atoms with van der Waals surface area (Å²) in [5, 5.41) is 4.42. The molecule has 168 valence electrons. The number of aromatic amines is 1. The van der Waals surface area contributed by atoms with Crippen molar-refractivity contribution in [1.29, 1.82) is 0 Å². The van der Waals surface area contributed by atoms with E-state index in [0.29, 0.717) is 35.0 Å². The first kappa shape index (κ1) is 20.9. The zero-order valence-corrected chi connectivity index (χ0v) is 17.8. The number of hydrogen-bond acceptors (Lipinski definition) is 4. The van der Waals surface area contributed by atoms with E-state index in [1.165, 1.54) is 17.0 Å². The molecule has 1 aliphatic heterocycles. The van der Waals surface area contributed by atoms with E-state index in [4.69, 9.17) is 0 Å². The first-order chi connectivity index (χ1) is 15.7. The lowest BCUT2D eigenvalue weighted by molar-refractivity contribution is -0.137. The molecule has 0 aliphatic carbocycles. The van der Waals surface area contributed by atoms with Crippen molar-refractivity contribution in [2.24, 2.45) is 0 Å². The van der Waals surface area contributed by atoms with E-state index < -0.39 is 11.7 Å². The van der Waals surface area contributed by atoms with Crippen molar-refractivity contribution in [3.8, 4) is 22.6 Å². The van der Waals surface area contributed by atoms with Crippen LogP contribution in [0.4, 0.5) is 18.9 Å². The number of carbonyl (C=O) groups excluding carboxylic acids is 1. The lowest BCUT2D eigenvalue weighted by atomic mass is 10.1. The second kappa shape index (κ2) is 7.58. The highest BCUT2D eigenvalue weighted by Gasteiger charge is 2.36. The van der Waals surface area contributed by atoms with Crippen molar-refractivity contribution >= 4 is 11.6 Å². The number of hydrogen-bond donors (Lipinski definition) is 1. The highest BCUT2D eigenvalue weighted by molar-refractivity contribution is 6.09. The molecule has 0 fully saturated rings. The van der Waals surface area contributed by atoms with Crippen molar-refractivity contribution in [2.75, 3.05) is 11.4 Å². The average molecular weight is 452 g/mol. The second-order valence-corrected chi connectivity index (χ2v) is 7.96. The van der Waals surface area contributed by atoms with E-state index in [9.17, 15) is 18.0 Å². The molecule has 0 unspecified atom stereocenters. The predicted octanol–water partition coefficient (Wildman–Crippen LogP) is 4.88. The normalized spacial score (nSPS) is 16.2. The van der Waals surface area contributed by atoms with Crippen LogP contribution in [0.2, 0.25) is 0 Å². The third-order valence-electron chi connectivity index (χ3n) is 5.69. The van der Waals surface area contributed by atoms with Crippen LogP contribution in [0.1, 0.15) is 34.7 Å². The fraction of sp³-hybridized carbons (Fsp3) is 0.217. The lowest BCUT2D eigenvalue weighted by Gasteiger charge is -2.32. The van der Waals surface area contributed by atoms with Gasteiger partial charge in [-0.3, -0.25) is 14.5 Å². The summed E-state index contributed by atoms with van der Waals surface area (Å²) in [5.41, 5.74) is 2.70. The minimum atomic E-state index is -4.44. The molecule has 0 saturated carbocycles. The summed E-state index contributed by atoms with van der Waals surface area (Å²) in [6, 6.07) is 8.12. The first-order valence-electron chi connectivity index (χ1n) is 10.3. The van der Waals surface area contributed by atoms with Crippen LogP contribution in [-0.4, -0.2) is 37.2 Å². The fourth-order valence-electron chi connectivity index (χ4n) is 4.05. The summed E-state index contributed by atoms with van der Waals surface area (Å²) in [7, 11) is 0. The molecule has 0 saturated heterocycles. The van der Waals surface area contributed by atoms with Gasteiger partial charge in [-0.25, -0.2) is 4.98 Å². The van der Waals surface area contributed by atoms with Crippen LogP contribution in [0, 0.1) is 6.92 Å². The van der Waals surface area contributed by atoms with Crippen molar-refractivity contribution in [2.45, 2.75) is 26.1 Å². The van der Waals surface area contributed by atoms with E-state index in [-0.39, 0.29) is 11.9 Å². The number of alkyl halides is 3. The Morgan fingerprint density at radius 1 is 1.12 bits per heavy atom. The van der Waals surface area contributed by atoms with Gasteiger partial charge in [-0.2, -0.15) is 18.3 Å². The number of imidazole rings is 1. The summed E-state index contributed by atoms with van der Waals surface area (Å²) in [6.45, 7) is 4.05. The monoisotopic (exact) mass is 452 g/mol. The van der Waals surface area contributed by atoms with Crippen LogP contribution in [0.3, 0.4) is 0 Å². The van der Waals surface area contributed by atoms with Crippen LogP contribution < -0.4 is 4.90 Å². The van der Waals surface area contributed by atoms with Gasteiger partial charge in [-0.05, 0) is 50.2 Å². The van der Waals surface area contributed by atoms with Crippen molar-refractivity contribution < 1.29 is 18.0 Å². The SMILES string of the molecule is Cc1[nH]c(-c2cccnc2)nc1-c1cnn2c1C(=O)N(c1ccc(C(F)(F)F)cc1)C[C@@H]2C. The minimum Gasteiger partial charge on any atom is -0.341 e. The number of rotatable bonds is 3. The number of amides is 1. The minimum absolute atomic E-state index is 0.175. The number of anilines is 1. The van der Waals surface area contributed by atoms with Gasteiger partial charge in [0, 0.05) is 35.9 Å². The molecule has 1 atom stereocenters. The van der Waals surface area contributed by atoms with Crippen LogP contribution in [0.25, 0.3) is 22.6 Å². The fourth-order valence-corrected chi connectivity index (χ4v) is 4.05. The van der Waals surface area contributed by atoms with Gasteiger partial charge >= 0.3 is 6.18 Å². The molecule has 1 amide bonds. The molecule has 5 rings (SSSR count). The summed E-state index contributed by atoms with van der Waals surface area (Å²) < 4.78 is 40.5. The lowest BCUT2D eigenvalue weighted by Crippen LogP contribution is -2.42. The zero-order valence-electron chi connectivity index (χ0n) is 17.8. The molecule has 33 heavy (non-hydrogen) atoms. The Hall–Kier alpha value is -3.95. The number of pyridine rings is 1. The van der Waals surface area contributed by atoms with Crippen molar-refractivity contribution in [3.05, 3.63) is 71.9 Å². The van der Waals surface area contributed by atoms with Gasteiger partial charge in [0.1, 0.15) is 11.5 Å². The van der Waals surface area contributed by atoms with Gasteiger partial charge in [0.25, 0.3) is 5.91 Å². The second-order valence-electron chi connectivity index (χ2n) is 7.96. The van der Waals surface area contributed by atoms with E-state index in [1.807, 2.05) is 26.0 Å². The molecule has 0 bridgehead atoms. The molecular weight excluding hydrogens is 433 g/mol. The van der Waals surface area contributed by atoms with Gasteiger partial charge < -0.3 is 9.88 Å². The predicted molar refractivity (Wildman–Crippen MR) is 116 cm³/mol. The maximum absolute atomic E-state index is 13.5. The first-order valence-corrected chi connectivity index (χ1v) is 10.3. The molecule has 0 spiro atoms. The topological polar surface area (TPSA) is 79.7 Å². The van der Waals surface area contributed by atoms with Gasteiger partial charge in [0.2, 0.25) is 0 Å². The maximum atomic E-state index is 13.5. The summed E-state index contributed by atoms with van der Waals surface area (Å²) >= 11 is 0. The number of fused-ring (bicyclic) bond motifs is 1. The summed E-state index contributed by atoms with van der Waals surface area (Å²) in [6.07, 6.45) is 0.530. The zero-order chi connectivity index (χ0) is 23.3. The van der Waals surface area contributed by atoms with Crippen molar-refractivity contribution in [3.63, 3.8) is 0 Å². The number of aromatic nitrogens is 5. The number of H-pyrrole nitrogens is 1. The number of nitrogens with one attached hydrogen (secondary N) is 1. The Labute approximate surface area is 186 Å². The highest BCUT2D eigenvalue weighted by atomic mass is 19.4. The van der Waals surface area contributed by atoms with Gasteiger partial charge in [-0.15, -0.1) is 0 Å². The van der Waals surface area contributed by atoms with E-state index in [1.54, 1.807) is 23.3 Å². The Morgan fingerprint density at radius 3 is 2.55 bits per heavy atom. The third-order valence-corrected chi connectivity index (χ3v) is 5.69. The van der Waals surface area contributed by atoms with Gasteiger partial charge in [-0.1, -0.05) is 0 Å². The number of halogens is 3. The maximum Gasteiger partial charge on any atom is 0.416 e. The molecule has 10 heteroatoms. The van der Waals surface area contributed by atoms with Gasteiger partial charge in [0.15, 0.2) is 0 Å². The smallest absolute Gasteiger partial charge is 0.341 e. The largest absolute Gasteiger partial charge is 0.416 e. The Balaban J connectivity index is 1.54. The van der Waals surface area contributed by atoms with Crippen molar-refractivity contribution in [1.82, 2.24) is 24.7 Å². The van der Waals surface area contributed by atoms with Gasteiger partial charge in [0.05, 0.1) is 29.1 Å².